The maximum absolute atomic E-state index is 6.31. The summed E-state index contributed by atoms with van der Waals surface area (Å²) in [5.41, 5.74) is 6.31. The van der Waals surface area contributed by atoms with Crippen LogP contribution in [0, 0.1) is 11.8 Å². The van der Waals surface area contributed by atoms with E-state index >= 15 is 0 Å². The maximum atomic E-state index is 6.31. The molecule has 1 saturated carbocycles. The average molecular weight is 267 g/mol. The van der Waals surface area contributed by atoms with Gasteiger partial charge in [-0.2, -0.15) is 0 Å². The second-order valence-electron chi connectivity index (χ2n) is 6.99. The van der Waals surface area contributed by atoms with Crippen LogP contribution >= 0.6 is 0 Å². The van der Waals surface area contributed by atoms with Gasteiger partial charge in [-0.25, -0.2) is 0 Å². The van der Waals surface area contributed by atoms with Gasteiger partial charge in [-0.3, -0.25) is 4.90 Å². The van der Waals surface area contributed by atoms with Crippen molar-refractivity contribution in [3.8, 4) is 0 Å². The van der Waals surface area contributed by atoms with Crippen LogP contribution in [0.5, 0.6) is 0 Å². The number of likely N-dealkylation sites (N-methyl/N-ethyl adjacent to an activating group) is 2. The van der Waals surface area contributed by atoms with Crippen molar-refractivity contribution in [2.45, 2.75) is 58.0 Å². The fourth-order valence-corrected chi connectivity index (χ4v) is 4.08. The van der Waals surface area contributed by atoms with Crippen LogP contribution in [0.4, 0.5) is 0 Å². The molecule has 0 radical (unpaired) electrons. The van der Waals surface area contributed by atoms with Crippen molar-refractivity contribution in [1.29, 1.82) is 0 Å². The lowest BCUT2D eigenvalue weighted by Gasteiger charge is -2.36. The Labute approximate surface area is 119 Å². The molecule has 1 saturated heterocycles. The predicted octanol–water partition coefficient (Wildman–Crippen LogP) is 2.17. The first-order valence-electron chi connectivity index (χ1n) is 8.28. The molecule has 0 aromatic carbocycles. The van der Waals surface area contributed by atoms with Gasteiger partial charge < -0.3 is 10.6 Å². The second-order valence-corrected chi connectivity index (χ2v) is 6.99. The minimum absolute atomic E-state index is 0.435. The SMILES string of the molecule is CCN1CCCC1CN(C)CC1CC(C)CCC1N. The molecule has 0 spiro atoms. The van der Waals surface area contributed by atoms with E-state index in [4.69, 9.17) is 5.73 Å². The molecule has 112 valence electrons. The molecule has 1 heterocycles. The van der Waals surface area contributed by atoms with Crippen molar-refractivity contribution in [3.05, 3.63) is 0 Å². The minimum atomic E-state index is 0.435. The molecule has 0 aromatic heterocycles. The quantitative estimate of drug-likeness (QED) is 0.828. The van der Waals surface area contributed by atoms with Crippen molar-refractivity contribution in [2.75, 3.05) is 33.2 Å². The van der Waals surface area contributed by atoms with E-state index in [0.29, 0.717) is 12.0 Å². The van der Waals surface area contributed by atoms with Crippen LogP contribution in [-0.2, 0) is 0 Å². The van der Waals surface area contributed by atoms with Crippen LogP contribution in [0.2, 0.25) is 0 Å². The zero-order valence-corrected chi connectivity index (χ0v) is 13.1. The molecule has 19 heavy (non-hydrogen) atoms. The summed E-state index contributed by atoms with van der Waals surface area (Å²) in [6, 6.07) is 1.22. The molecule has 2 N–H and O–H groups in total. The summed E-state index contributed by atoms with van der Waals surface area (Å²) in [5.74, 6) is 1.59. The van der Waals surface area contributed by atoms with Gasteiger partial charge in [-0.1, -0.05) is 13.8 Å². The molecular formula is C16H33N3. The molecule has 1 aliphatic carbocycles. The fraction of sp³-hybridized carbons (Fsp3) is 1.00. The normalized spacial score (nSPS) is 37.1. The molecule has 3 nitrogen and oxygen atoms in total. The third-order valence-electron chi connectivity index (χ3n) is 5.28. The van der Waals surface area contributed by atoms with Gasteiger partial charge >= 0.3 is 0 Å². The third kappa shape index (κ3) is 4.17. The Morgan fingerprint density at radius 1 is 1.21 bits per heavy atom. The smallest absolute Gasteiger partial charge is 0.0223 e. The fourth-order valence-electron chi connectivity index (χ4n) is 4.08. The van der Waals surface area contributed by atoms with Crippen molar-refractivity contribution >= 4 is 0 Å². The Kier molecular flexibility index (Phi) is 5.67. The summed E-state index contributed by atoms with van der Waals surface area (Å²) in [4.78, 5) is 5.18. The van der Waals surface area contributed by atoms with E-state index in [1.165, 1.54) is 58.3 Å². The number of rotatable bonds is 5. The predicted molar refractivity (Wildman–Crippen MR) is 82.2 cm³/mol. The van der Waals surface area contributed by atoms with E-state index < -0.39 is 0 Å². The molecule has 0 bridgehead atoms. The molecule has 1 aliphatic heterocycles. The monoisotopic (exact) mass is 267 g/mol. The second kappa shape index (κ2) is 7.05. The zero-order chi connectivity index (χ0) is 13.8. The molecule has 2 aliphatic rings. The van der Waals surface area contributed by atoms with Crippen molar-refractivity contribution in [3.63, 3.8) is 0 Å². The lowest BCUT2D eigenvalue weighted by Crippen LogP contribution is -2.45. The Morgan fingerprint density at radius 3 is 2.74 bits per heavy atom. The lowest BCUT2D eigenvalue weighted by molar-refractivity contribution is 0.148. The van der Waals surface area contributed by atoms with Crippen LogP contribution in [-0.4, -0.2) is 55.1 Å². The van der Waals surface area contributed by atoms with E-state index in [2.05, 4.69) is 30.7 Å². The standard InChI is InChI=1S/C16H33N3/c1-4-19-9-5-6-15(19)12-18(3)11-14-10-13(2)7-8-16(14)17/h13-16H,4-12,17H2,1-3H3. The van der Waals surface area contributed by atoms with E-state index in [9.17, 15) is 0 Å². The first-order valence-corrected chi connectivity index (χ1v) is 8.28. The summed E-state index contributed by atoms with van der Waals surface area (Å²) >= 11 is 0. The topological polar surface area (TPSA) is 32.5 Å². The number of nitrogens with two attached hydrogens (primary N) is 1. The molecule has 2 fully saturated rings. The van der Waals surface area contributed by atoms with Crippen molar-refractivity contribution in [1.82, 2.24) is 9.80 Å². The van der Waals surface area contributed by atoms with Gasteiger partial charge in [-0.05, 0) is 64.1 Å². The van der Waals surface area contributed by atoms with Crippen LogP contribution in [0.25, 0.3) is 0 Å². The molecule has 0 aromatic rings. The van der Waals surface area contributed by atoms with Crippen molar-refractivity contribution in [2.24, 2.45) is 17.6 Å². The average Bonchev–Trinajstić information content (AvgIpc) is 2.81. The highest BCUT2D eigenvalue weighted by Crippen LogP contribution is 2.28. The molecule has 3 heteroatoms. The van der Waals surface area contributed by atoms with Crippen LogP contribution in [0.1, 0.15) is 46.0 Å². The van der Waals surface area contributed by atoms with E-state index in [1.807, 2.05) is 0 Å². The summed E-state index contributed by atoms with van der Waals surface area (Å²) in [6.45, 7) is 9.60. The van der Waals surface area contributed by atoms with Gasteiger partial charge in [0.25, 0.3) is 0 Å². The van der Waals surface area contributed by atoms with Gasteiger partial charge in [0.1, 0.15) is 0 Å². The first-order chi connectivity index (χ1) is 9.10. The van der Waals surface area contributed by atoms with Crippen LogP contribution in [0.15, 0.2) is 0 Å². The summed E-state index contributed by atoms with van der Waals surface area (Å²) < 4.78 is 0. The summed E-state index contributed by atoms with van der Waals surface area (Å²) in [5, 5.41) is 0. The molecule has 4 unspecified atom stereocenters. The van der Waals surface area contributed by atoms with Gasteiger partial charge in [0, 0.05) is 25.2 Å². The molecule has 4 atom stereocenters. The number of hydrogen-bond acceptors (Lipinski definition) is 3. The summed E-state index contributed by atoms with van der Waals surface area (Å²) in [7, 11) is 2.29. The Morgan fingerprint density at radius 2 is 2.00 bits per heavy atom. The largest absolute Gasteiger partial charge is 0.327 e. The van der Waals surface area contributed by atoms with E-state index in [1.54, 1.807) is 0 Å². The van der Waals surface area contributed by atoms with Crippen molar-refractivity contribution < 1.29 is 0 Å². The highest BCUT2D eigenvalue weighted by Gasteiger charge is 2.29. The molecule has 2 rings (SSSR count). The number of nitrogens with zero attached hydrogens (tertiary/aromatic N) is 2. The third-order valence-corrected chi connectivity index (χ3v) is 5.28. The zero-order valence-electron chi connectivity index (χ0n) is 13.1. The minimum Gasteiger partial charge on any atom is -0.327 e. The number of likely N-dealkylation sites (tertiary alicyclic amines) is 1. The number of hydrogen-bond donors (Lipinski definition) is 1. The van der Waals surface area contributed by atoms with Gasteiger partial charge in [0.15, 0.2) is 0 Å². The van der Waals surface area contributed by atoms with Crippen LogP contribution < -0.4 is 5.73 Å². The van der Waals surface area contributed by atoms with E-state index in [0.717, 1.165) is 12.0 Å². The highest BCUT2D eigenvalue weighted by atomic mass is 15.2. The lowest BCUT2D eigenvalue weighted by atomic mass is 9.79. The van der Waals surface area contributed by atoms with E-state index in [-0.39, 0.29) is 0 Å². The maximum Gasteiger partial charge on any atom is 0.0223 e. The summed E-state index contributed by atoms with van der Waals surface area (Å²) in [6.07, 6.45) is 6.64. The van der Waals surface area contributed by atoms with Gasteiger partial charge in [-0.15, -0.1) is 0 Å². The van der Waals surface area contributed by atoms with Gasteiger partial charge in [0.2, 0.25) is 0 Å². The van der Waals surface area contributed by atoms with Crippen LogP contribution in [0.3, 0.4) is 0 Å². The first kappa shape index (κ1) is 15.3. The Balaban J connectivity index is 1.78. The molecular weight excluding hydrogens is 234 g/mol. The molecule has 0 amide bonds. The van der Waals surface area contributed by atoms with Gasteiger partial charge in [0.05, 0.1) is 0 Å². The Hall–Kier alpha value is -0.120. The highest BCUT2D eigenvalue weighted by molar-refractivity contribution is 4.85. The Bertz CT molecular complexity index is 269.